The van der Waals surface area contributed by atoms with Gasteiger partial charge in [0.15, 0.2) is 11.5 Å². The zero-order valence-electron chi connectivity index (χ0n) is 17.3. The van der Waals surface area contributed by atoms with Crippen LogP contribution >= 0.6 is 0 Å². The van der Waals surface area contributed by atoms with Crippen molar-refractivity contribution in [1.82, 2.24) is 5.01 Å². The molecule has 2 atom stereocenters. The van der Waals surface area contributed by atoms with Gasteiger partial charge in [0.05, 0.1) is 31.6 Å². The fourth-order valence-corrected chi connectivity index (χ4v) is 4.07. The third kappa shape index (κ3) is 3.32. The minimum absolute atomic E-state index is 0.0189. The lowest BCUT2D eigenvalue weighted by Gasteiger charge is -2.38. The molecule has 1 aromatic heterocycles. The molecule has 5 rings (SSSR count). The Morgan fingerprint density at radius 3 is 2.71 bits per heavy atom. The van der Waals surface area contributed by atoms with Crippen molar-refractivity contribution in [3.05, 3.63) is 83.3 Å². The molecular weight excluding hydrogens is 396 g/mol. The normalized spacial score (nSPS) is 19.2. The fourth-order valence-electron chi connectivity index (χ4n) is 4.07. The van der Waals surface area contributed by atoms with Crippen molar-refractivity contribution in [2.24, 2.45) is 5.10 Å². The van der Waals surface area contributed by atoms with Crippen molar-refractivity contribution in [3.63, 3.8) is 0 Å². The molecular formula is C24H22N2O5. The van der Waals surface area contributed by atoms with E-state index in [2.05, 4.69) is 0 Å². The van der Waals surface area contributed by atoms with Crippen molar-refractivity contribution in [2.45, 2.75) is 25.6 Å². The second kappa shape index (κ2) is 7.83. The van der Waals surface area contributed by atoms with E-state index in [4.69, 9.17) is 23.7 Å². The van der Waals surface area contributed by atoms with Gasteiger partial charge in [0.25, 0.3) is 0 Å². The first kappa shape index (κ1) is 19.2. The largest absolute Gasteiger partial charge is 0.490 e. The molecule has 0 N–H and O–H groups in total. The summed E-state index contributed by atoms with van der Waals surface area (Å²) in [6.45, 7) is 2.49. The standard InChI is InChI=1S/C24H22N2O5/c1-3-29-21-7-4-6-17-19-14-18(20-8-5-13-30-20)25-26(19)23(31-22(17)21)15-9-11-16(12-10-15)24(27)28-2/h4-13,19,23H,3,14H2,1-2H3/t19-,23+/m1/s1. The van der Waals surface area contributed by atoms with E-state index in [0.29, 0.717) is 24.3 Å². The van der Waals surface area contributed by atoms with Gasteiger partial charge in [-0.2, -0.15) is 5.10 Å². The molecule has 2 aliphatic rings. The molecule has 7 heteroatoms. The Morgan fingerprint density at radius 2 is 2.00 bits per heavy atom. The monoisotopic (exact) mass is 418 g/mol. The molecule has 0 aliphatic carbocycles. The van der Waals surface area contributed by atoms with Crippen LogP contribution < -0.4 is 9.47 Å². The number of benzene rings is 2. The maximum atomic E-state index is 11.8. The molecule has 0 spiro atoms. The highest BCUT2D eigenvalue weighted by Crippen LogP contribution is 2.50. The first-order valence-corrected chi connectivity index (χ1v) is 10.2. The molecule has 3 aromatic rings. The first-order valence-electron chi connectivity index (χ1n) is 10.2. The third-order valence-electron chi connectivity index (χ3n) is 5.50. The second-order valence-electron chi connectivity index (χ2n) is 7.32. The highest BCUT2D eigenvalue weighted by Gasteiger charge is 2.42. The van der Waals surface area contributed by atoms with E-state index in [9.17, 15) is 4.79 Å². The summed E-state index contributed by atoms with van der Waals surface area (Å²) < 4.78 is 22.7. The van der Waals surface area contributed by atoms with Crippen LogP contribution in [0.3, 0.4) is 0 Å². The number of esters is 1. The van der Waals surface area contributed by atoms with Gasteiger partial charge in [-0.1, -0.05) is 24.3 Å². The minimum Gasteiger partial charge on any atom is -0.490 e. The van der Waals surface area contributed by atoms with Crippen LogP contribution in [0.4, 0.5) is 0 Å². The summed E-state index contributed by atoms with van der Waals surface area (Å²) in [5.41, 5.74) is 3.25. The molecule has 0 unspecified atom stereocenters. The van der Waals surface area contributed by atoms with Gasteiger partial charge < -0.3 is 18.6 Å². The maximum absolute atomic E-state index is 11.8. The van der Waals surface area contributed by atoms with E-state index in [0.717, 1.165) is 28.3 Å². The molecule has 0 saturated carbocycles. The van der Waals surface area contributed by atoms with E-state index in [-0.39, 0.29) is 12.0 Å². The van der Waals surface area contributed by atoms with Gasteiger partial charge >= 0.3 is 5.97 Å². The lowest BCUT2D eigenvalue weighted by atomic mass is 9.97. The van der Waals surface area contributed by atoms with E-state index >= 15 is 0 Å². The van der Waals surface area contributed by atoms with Crippen molar-refractivity contribution in [2.75, 3.05) is 13.7 Å². The van der Waals surface area contributed by atoms with Crippen LogP contribution in [0.1, 0.15) is 52.9 Å². The highest BCUT2D eigenvalue weighted by atomic mass is 16.5. The number of fused-ring (bicyclic) bond motifs is 3. The number of hydrogen-bond acceptors (Lipinski definition) is 7. The van der Waals surface area contributed by atoms with Crippen molar-refractivity contribution in [3.8, 4) is 11.5 Å². The summed E-state index contributed by atoms with van der Waals surface area (Å²) in [5.74, 6) is 1.81. The number of hydrazone groups is 1. The van der Waals surface area contributed by atoms with Crippen LogP contribution in [0.25, 0.3) is 0 Å². The zero-order valence-corrected chi connectivity index (χ0v) is 17.3. The lowest BCUT2D eigenvalue weighted by molar-refractivity contribution is -0.0212. The van der Waals surface area contributed by atoms with Crippen molar-refractivity contribution >= 4 is 11.7 Å². The summed E-state index contributed by atoms with van der Waals surface area (Å²) in [6, 6.07) is 16.9. The molecule has 31 heavy (non-hydrogen) atoms. The topological polar surface area (TPSA) is 73.5 Å². The van der Waals surface area contributed by atoms with Crippen LogP contribution in [-0.2, 0) is 4.74 Å². The lowest BCUT2D eigenvalue weighted by Crippen LogP contribution is -2.34. The second-order valence-corrected chi connectivity index (χ2v) is 7.32. The van der Waals surface area contributed by atoms with Gasteiger partial charge in [0.1, 0.15) is 11.5 Å². The molecule has 0 bridgehead atoms. The molecule has 0 fully saturated rings. The molecule has 3 heterocycles. The average molecular weight is 418 g/mol. The number of carbonyl (C=O) groups is 1. The molecule has 7 nitrogen and oxygen atoms in total. The van der Waals surface area contributed by atoms with Gasteiger partial charge in [-0.3, -0.25) is 0 Å². The van der Waals surface area contributed by atoms with Crippen LogP contribution in [0.2, 0.25) is 0 Å². The molecule has 2 aromatic carbocycles. The van der Waals surface area contributed by atoms with E-state index in [1.807, 2.05) is 54.4 Å². The average Bonchev–Trinajstić information content (AvgIpc) is 3.49. The van der Waals surface area contributed by atoms with Crippen LogP contribution in [0.15, 0.2) is 70.4 Å². The van der Waals surface area contributed by atoms with Crippen molar-refractivity contribution < 1.29 is 23.4 Å². The van der Waals surface area contributed by atoms with E-state index in [1.165, 1.54) is 7.11 Å². The van der Waals surface area contributed by atoms with E-state index in [1.54, 1.807) is 18.4 Å². The molecule has 0 saturated heterocycles. The number of ether oxygens (including phenoxy) is 3. The van der Waals surface area contributed by atoms with Gasteiger partial charge in [0.2, 0.25) is 6.23 Å². The number of furan rings is 1. The molecule has 0 radical (unpaired) electrons. The van der Waals surface area contributed by atoms with Crippen LogP contribution in [0, 0.1) is 0 Å². The Balaban J connectivity index is 1.57. The summed E-state index contributed by atoms with van der Waals surface area (Å²) in [4.78, 5) is 11.8. The Kier molecular flexibility index (Phi) is 4.86. The molecule has 0 amide bonds. The smallest absolute Gasteiger partial charge is 0.337 e. The summed E-state index contributed by atoms with van der Waals surface area (Å²) in [6.07, 6.45) is 1.87. The third-order valence-corrected chi connectivity index (χ3v) is 5.50. The van der Waals surface area contributed by atoms with Crippen LogP contribution in [0.5, 0.6) is 11.5 Å². The SMILES string of the molecule is CCOc1cccc2c1O[C@@H](c1ccc(C(=O)OC)cc1)N1N=C(c3ccco3)C[C@H]21. The number of rotatable bonds is 5. The Labute approximate surface area is 179 Å². The maximum Gasteiger partial charge on any atom is 0.337 e. The zero-order chi connectivity index (χ0) is 21.4. The Bertz CT molecular complexity index is 1120. The summed E-state index contributed by atoms with van der Waals surface area (Å²) in [5, 5.41) is 6.82. The highest BCUT2D eigenvalue weighted by molar-refractivity contribution is 5.99. The molecule has 158 valence electrons. The van der Waals surface area contributed by atoms with Gasteiger partial charge in [-0.05, 0) is 37.3 Å². The summed E-state index contributed by atoms with van der Waals surface area (Å²) >= 11 is 0. The van der Waals surface area contributed by atoms with Crippen molar-refractivity contribution in [1.29, 1.82) is 0 Å². The van der Waals surface area contributed by atoms with Crippen LogP contribution in [-0.4, -0.2) is 30.4 Å². The number of para-hydroxylation sites is 1. The Morgan fingerprint density at radius 1 is 1.16 bits per heavy atom. The number of carbonyl (C=O) groups excluding carboxylic acids is 1. The van der Waals surface area contributed by atoms with E-state index < -0.39 is 6.23 Å². The number of methoxy groups -OCH3 is 1. The molecule has 2 aliphatic heterocycles. The predicted molar refractivity (Wildman–Crippen MR) is 113 cm³/mol. The fraction of sp³-hybridized carbons (Fsp3) is 0.250. The van der Waals surface area contributed by atoms with Gasteiger partial charge in [-0.15, -0.1) is 0 Å². The minimum atomic E-state index is -0.474. The summed E-state index contributed by atoms with van der Waals surface area (Å²) in [7, 11) is 1.37. The number of hydrogen-bond donors (Lipinski definition) is 0. The predicted octanol–water partition coefficient (Wildman–Crippen LogP) is 4.71. The first-order chi connectivity index (χ1) is 15.2. The Hall–Kier alpha value is -3.74. The van der Waals surface area contributed by atoms with Gasteiger partial charge in [-0.25, -0.2) is 9.80 Å². The van der Waals surface area contributed by atoms with Gasteiger partial charge in [0, 0.05) is 17.5 Å². The number of nitrogens with zero attached hydrogens (tertiary/aromatic N) is 2. The quantitative estimate of drug-likeness (QED) is 0.559.